The van der Waals surface area contributed by atoms with Gasteiger partial charge >= 0.3 is 0 Å². The minimum absolute atomic E-state index is 0.118. The number of ether oxygens (including phenoxy) is 1. The van der Waals surface area contributed by atoms with Crippen LogP contribution in [-0.4, -0.2) is 59.3 Å². The molecule has 0 saturated carbocycles. The number of rotatable bonds is 6. The second-order valence-corrected chi connectivity index (χ2v) is 9.04. The molecule has 0 spiro atoms. The molecule has 9 heteroatoms. The number of aromatic amines is 1. The predicted molar refractivity (Wildman–Crippen MR) is 134 cm³/mol. The molecule has 7 nitrogen and oxygen atoms in total. The third kappa shape index (κ3) is 4.28. The Labute approximate surface area is 201 Å². The van der Waals surface area contributed by atoms with Crippen molar-refractivity contribution in [1.82, 2.24) is 19.4 Å². The number of aromatic nitrogens is 3. The van der Waals surface area contributed by atoms with Gasteiger partial charge < -0.3 is 19.2 Å². The highest BCUT2D eigenvalue weighted by Gasteiger charge is 2.20. The Morgan fingerprint density at radius 3 is 2.70 bits per heavy atom. The number of fused-ring (bicyclic) bond motifs is 3. The molecule has 2 aromatic carbocycles. The Balaban J connectivity index is 1.24. The summed E-state index contributed by atoms with van der Waals surface area (Å²) in [4.78, 5) is 25.0. The van der Waals surface area contributed by atoms with Crippen molar-refractivity contribution in [3.05, 3.63) is 63.1 Å². The highest BCUT2D eigenvalue weighted by Crippen LogP contribution is 2.33. The smallest absolute Gasteiger partial charge is 0.274 e. The SMILES string of the molecule is COc1ccc2[nH]c(=O)c3c(ncn3CCCN3CCN(c4cccc(Cl)c4Cl)CC3)c2c1. The molecule has 5 rings (SSSR count). The van der Waals surface area contributed by atoms with E-state index < -0.39 is 0 Å². The standard InChI is InChI=1S/C24H25Cl2N5O2/c1-33-16-6-7-19-17(14-16)22-23(24(32)28-19)31(15-27-22)9-3-8-29-10-12-30(13-11-29)20-5-2-4-18(25)21(20)26/h2,4-7,14-15H,3,8-13H2,1H3,(H,28,32). The van der Waals surface area contributed by atoms with Gasteiger partial charge in [0.25, 0.3) is 5.56 Å². The minimum atomic E-state index is -0.118. The van der Waals surface area contributed by atoms with Gasteiger partial charge in [-0.2, -0.15) is 0 Å². The molecule has 1 aliphatic heterocycles. The fraction of sp³-hybridized carbons (Fsp3) is 0.333. The molecule has 2 aromatic heterocycles. The number of hydrogen-bond donors (Lipinski definition) is 1. The molecule has 0 aliphatic carbocycles. The molecule has 0 atom stereocenters. The van der Waals surface area contributed by atoms with Gasteiger partial charge in [0.05, 0.1) is 34.7 Å². The van der Waals surface area contributed by atoms with Crippen LogP contribution in [0.1, 0.15) is 6.42 Å². The van der Waals surface area contributed by atoms with Crippen molar-refractivity contribution in [2.24, 2.45) is 0 Å². The number of H-pyrrole nitrogens is 1. The first-order chi connectivity index (χ1) is 16.0. The number of nitrogens with zero attached hydrogens (tertiary/aromatic N) is 4. The molecule has 172 valence electrons. The summed E-state index contributed by atoms with van der Waals surface area (Å²) < 4.78 is 7.29. The number of benzene rings is 2. The van der Waals surface area contributed by atoms with Crippen LogP contribution >= 0.6 is 23.2 Å². The van der Waals surface area contributed by atoms with Crippen LogP contribution in [0.3, 0.4) is 0 Å². The van der Waals surface area contributed by atoms with Crippen LogP contribution in [0.2, 0.25) is 10.0 Å². The van der Waals surface area contributed by atoms with Crippen molar-refractivity contribution in [3.63, 3.8) is 0 Å². The topological polar surface area (TPSA) is 66.4 Å². The van der Waals surface area contributed by atoms with Crippen LogP contribution in [0.4, 0.5) is 5.69 Å². The van der Waals surface area contributed by atoms with E-state index in [2.05, 4.69) is 19.8 Å². The molecule has 0 unspecified atom stereocenters. The molecule has 0 bridgehead atoms. The minimum Gasteiger partial charge on any atom is -0.497 e. The average molecular weight is 486 g/mol. The lowest BCUT2D eigenvalue weighted by atomic mass is 10.2. The number of nitrogens with one attached hydrogen (secondary N) is 1. The molecule has 1 saturated heterocycles. The molecular weight excluding hydrogens is 461 g/mol. The number of anilines is 1. The zero-order valence-electron chi connectivity index (χ0n) is 18.4. The Morgan fingerprint density at radius 2 is 1.91 bits per heavy atom. The molecule has 0 amide bonds. The molecule has 4 aromatic rings. The molecule has 0 radical (unpaired) electrons. The van der Waals surface area contributed by atoms with Gasteiger partial charge in [-0.3, -0.25) is 9.69 Å². The van der Waals surface area contributed by atoms with Crippen molar-refractivity contribution in [2.75, 3.05) is 44.7 Å². The highest BCUT2D eigenvalue weighted by atomic mass is 35.5. The van der Waals surface area contributed by atoms with Crippen molar-refractivity contribution in [3.8, 4) is 5.75 Å². The Bertz CT molecular complexity index is 1360. The summed E-state index contributed by atoms with van der Waals surface area (Å²) in [7, 11) is 1.63. The van der Waals surface area contributed by atoms with Gasteiger partial charge in [0.1, 0.15) is 16.8 Å². The molecule has 33 heavy (non-hydrogen) atoms. The third-order valence-corrected chi connectivity index (χ3v) is 7.11. The maximum atomic E-state index is 12.7. The van der Waals surface area contributed by atoms with Crippen molar-refractivity contribution < 1.29 is 4.74 Å². The first-order valence-corrected chi connectivity index (χ1v) is 11.8. The van der Waals surface area contributed by atoms with E-state index in [0.717, 1.165) is 68.0 Å². The molecular formula is C24H25Cl2N5O2. The number of aryl methyl sites for hydroxylation is 1. The number of hydrogen-bond acceptors (Lipinski definition) is 5. The summed E-state index contributed by atoms with van der Waals surface area (Å²) in [6.07, 6.45) is 2.69. The monoisotopic (exact) mass is 485 g/mol. The van der Waals surface area contributed by atoms with E-state index in [4.69, 9.17) is 27.9 Å². The fourth-order valence-corrected chi connectivity index (χ4v) is 4.95. The maximum Gasteiger partial charge on any atom is 0.274 e. The van der Waals surface area contributed by atoms with Gasteiger partial charge in [0, 0.05) is 38.1 Å². The summed E-state index contributed by atoms with van der Waals surface area (Å²) in [6, 6.07) is 11.4. The van der Waals surface area contributed by atoms with Crippen LogP contribution in [0.25, 0.3) is 21.9 Å². The van der Waals surface area contributed by atoms with Gasteiger partial charge in [-0.05, 0) is 43.3 Å². The molecule has 1 aliphatic rings. The van der Waals surface area contributed by atoms with Crippen LogP contribution < -0.4 is 15.2 Å². The summed E-state index contributed by atoms with van der Waals surface area (Å²) in [5.74, 6) is 0.739. The quantitative estimate of drug-likeness (QED) is 0.438. The Kier molecular flexibility index (Phi) is 6.19. The van der Waals surface area contributed by atoms with E-state index in [-0.39, 0.29) is 5.56 Å². The van der Waals surface area contributed by atoms with Crippen LogP contribution in [-0.2, 0) is 6.54 Å². The molecule has 1 N–H and O–H groups in total. The Morgan fingerprint density at radius 1 is 1.09 bits per heavy atom. The van der Waals surface area contributed by atoms with E-state index in [1.165, 1.54) is 0 Å². The predicted octanol–water partition coefficient (Wildman–Crippen LogP) is 4.41. The third-order valence-electron chi connectivity index (χ3n) is 6.30. The van der Waals surface area contributed by atoms with E-state index in [1.807, 2.05) is 41.0 Å². The second kappa shape index (κ2) is 9.25. The fourth-order valence-electron chi connectivity index (χ4n) is 4.54. The van der Waals surface area contributed by atoms with Crippen molar-refractivity contribution in [1.29, 1.82) is 0 Å². The number of piperazine rings is 1. The van der Waals surface area contributed by atoms with Gasteiger partial charge in [-0.25, -0.2) is 4.98 Å². The second-order valence-electron chi connectivity index (χ2n) is 8.26. The largest absolute Gasteiger partial charge is 0.497 e. The summed E-state index contributed by atoms with van der Waals surface area (Å²) in [5, 5.41) is 2.10. The molecule has 3 heterocycles. The van der Waals surface area contributed by atoms with E-state index in [0.29, 0.717) is 21.1 Å². The normalized spacial score (nSPS) is 14.9. The zero-order valence-corrected chi connectivity index (χ0v) is 19.9. The lowest BCUT2D eigenvalue weighted by Gasteiger charge is -2.36. The van der Waals surface area contributed by atoms with Crippen molar-refractivity contribution >= 4 is 50.8 Å². The van der Waals surface area contributed by atoms with E-state index >= 15 is 0 Å². The first-order valence-electron chi connectivity index (χ1n) is 11.0. The Hall–Kier alpha value is -2.74. The number of halogens is 2. The van der Waals surface area contributed by atoms with E-state index in [1.54, 1.807) is 13.4 Å². The van der Waals surface area contributed by atoms with Crippen LogP contribution in [0, 0.1) is 0 Å². The summed E-state index contributed by atoms with van der Waals surface area (Å²) >= 11 is 12.6. The lowest BCUT2D eigenvalue weighted by Crippen LogP contribution is -2.46. The number of imidazole rings is 1. The van der Waals surface area contributed by atoms with Gasteiger partial charge in [-0.15, -0.1) is 0 Å². The van der Waals surface area contributed by atoms with Gasteiger partial charge in [-0.1, -0.05) is 29.3 Å². The zero-order chi connectivity index (χ0) is 22.9. The highest BCUT2D eigenvalue weighted by molar-refractivity contribution is 6.43. The van der Waals surface area contributed by atoms with Crippen LogP contribution in [0.15, 0.2) is 47.5 Å². The lowest BCUT2D eigenvalue weighted by molar-refractivity contribution is 0.251. The molecule has 1 fully saturated rings. The van der Waals surface area contributed by atoms with Crippen molar-refractivity contribution in [2.45, 2.75) is 13.0 Å². The van der Waals surface area contributed by atoms with Gasteiger partial charge in [0.2, 0.25) is 0 Å². The number of pyridine rings is 1. The maximum absolute atomic E-state index is 12.7. The van der Waals surface area contributed by atoms with E-state index in [9.17, 15) is 4.79 Å². The summed E-state index contributed by atoms with van der Waals surface area (Å²) in [6.45, 7) is 5.41. The van der Waals surface area contributed by atoms with Crippen LogP contribution in [0.5, 0.6) is 5.75 Å². The van der Waals surface area contributed by atoms with Gasteiger partial charge in [0.15, 0.2) is 0 Å². The average Bonchev–Trinajstić information content (AvgIpc) is 3.26. The summed E-state index contributed by atoms with van der Waals surface area (Å²) in [5.41, 5.74) is 2.95. The number of methoxy groups -OCH3 is 1. The first kappa shape index (κ1) is 22.1.